The van der Waals surface area contributed by atoms with E-state index in [2.05, 4.69) is 27.2 Å². The highest BCUT2D eigenvalue weighted by molar-refractivity contribution is 5.78. The zero-order valence-corrected chi connectivity index (χ0v) is 15.8. The van der Waals surface area contributed by atoms with E-state index in [-0.39, 0.29) is 18.1 Å². The molecule has 1 aliphatic rings. The average Bonchev–Trinajstić information content (AvgIpc) is 3.28. The van der Waals surface area contributed by atoms with Crippen molar-refractivity contribution in [1.82, 2.24) is 30.0 Å². The number of likely N-dealkylation sites (tertiary alicyclic amines) is 1. The van der Waals surface area contributed by atoms with Gasteiger partial charge in [-0.3, -0.25) is 4.79 Å². The van der Waals surface area contributed by atoms with E-state index < -0.39 is 0 Å². The van der Waals surface area contributed by atoms with Crippen molar-refractivity contribution in [3.63, 3.8) is 0 Å². The summed E-state index contributed by atoms with van der Waals surface area (Å²) in [5.74, 6) is -0.233. The molecule has 1 amide bonds. The Morgan fingerprint density at radius 2 is 2.11 bits per heavy atom. The summed E-state index contributed by atoms with van der Waals surface area (Å²) in [5, 5.41) is 7.59. The van der Waals surface area contributed by atoms with Crippen LogP contribution in [0.2, 0.25) is 0 Å². The molecule has 0 saturated carbocycles. The van der Waals surface area contributed by atoms with Crippen LogP contribution in [0.3, 0.4) is 0 Å². The van der Waals surface area contributed by atoms with Gasteiger partial charge in [0.1, 0.15) is 11.3 Å². The second-order valence-electron chi connectivity index (χ2n) is 7.20. The number of aromatic nitrogens is 4. The van der Waals surface area contributed by atoms with E-state index >= 15 is 0 Å². The van der Waals surface area contributed by atoms with Gasteiger partial charge in [0.05, 0.1) is 18.7 Å². The number of carbonyl (C=O) groups is 1. The summed E-state index contributed by atoms with van der Waals surface area (Å²) in [6.07, 6.45) is 4.42. The fraction of sp³-hybridized carbons (Fsp3) is 0.400. The van der Waals surface area contributed by atoms with Gasteiger partial charge in [-0.2, -0.15) is 5.10 Å². The van der Waals surface area contributed by atoms with E-state index in [0.717, 1.165) is 36.4 Å². The van der Waals surface area contributed by atoms with Gasteiger partial charge < -0.3 is 10.2 Å². The van der Waals surface area contributed by atoms with Crippen LogP contribution in [0, 0.1) is 5.82 Å². The molecule has 3 aromatic rings. The zero-order valence-electron chi connectivity index (χ0n) is 15.8. The Morgan fingerprint density at radius 3 is 2.89 bits per heavy atom. The number of fused-ring (bicyclic) bond motifs is 1. The summed E-state index contributed by atoms with van der Waals surface area (Å²) < 4.78 is 15.5. The number of likely N-dealkylation sites (N-methyl/N-ethyl adjacent to an activating group) is 1. The van der Waals surface area contributed by atoms with Gasteiger partial charge >= 0.3 is 0 Å². The molecule has 8 heteroatoms. The largest absolute Gasteiger partial charge is 0.354 e. The summed E-state index contributed by atoms with van der Waals surface area (Å²) in [6.45, 7) is 2.89. The van der Waals surface area contributed by atoms with Gasteiger partial charge in [0.15, 0.2) is 5.65 Å². The predicted molar refractivity (Wildman–Crippen MR) is 103 cm³/mol. The van der Waals surface area contributed by atoms with Crippen LogP contribution in [0.15, 0.2) is 36.7 Å². The number of carbonyl (C=O) groups excluding carboxylic acids is 1. The third-order valence-electron chi connectivity index (χ3n) is 5.13. The zero-order chi connectivity index (χ0) is 19.5. The number of hydrogen-bond donors (Lipinski definition) is 1. The van der Waals surface area contributed by atoms with Gasteiger partial charge in [0.2, 0.25) is 5.91 Å². The van der Waals surface area contributed by atoms with Crippen LogP contribution >= 0.6 is 0 Å². The molecular formula is C20H23FN6O. The third-order valence-corrected chi connectivity index (χ3v) is 5.13. The number of hydrogen-bond acceptors (Lipinski definition) is 5. The lowest BCUT2D eigenvalue weighted by Gasteiger charge is -2.08. The molecular weight excluding hydrogens is 359 g/mol. The molecule has 0 bridgehead atoms. The minimum Gasteiger partial charge on any atom is -0.354 e. The summed E-state index contributed by atoms with van der Waals surface area (Å²) in [6, 6.07) is 6.32. The first-order valence-electron chi connectivity index (χ1n) is 9.48. The van der Waals surface area contributed by atoms with E-state index in [9.17, 15) is 9.18 Å². The Kier molecular flexibility index (Phi) is 5.29. The van der Waals surface area contributed by atoms with E-state index in [1.807, 2.05) is 0 Å². The molecule has 4 rings (SSSR count). The summed E-state index contributed by atoms with van der Waals surface area (Å²) in [4.78, 5) is 23.3. The molecule has 0 aliphatic carbocycles. The minimum atomic E-state index is -0.364. The second-order valence-corrected chi connectivity index (χ2v) is 7.20. The van der Waals surface area contributed by atoms with Crippen LogP contribution < -0.4 is 5.32 Å². The van der Waals surface area contributed by atoms with Crippen LogP contribution in [-0.2, 0) is 17.8 Å². The summed E-state index contributed by atoms with van der Waals surface area (Å²) in [7, 11) is 2.11. The molecule has 0 radical (unpaired) electrons. The number of nitrogens with one attached hydrogen (secondary N) is 1. The van der Waals surface area contributed by atoms with E-state index in [4.69, 9.17) is 5.10 Å². The number of nitrogens with zero attached hydrogens (tertiary/aromatic N) is 5. The quantitative estimate of drug-likeness (QED) is 0.703. The molecule has 1 saturated heterocycles. The molecule has 3 heterocycles. The summed E-state index contributed by atoms with van der Waals surface area (Å²) >= 11 is 0. The Hall–Kier alpha value is -2.87. The van der Waals surface area contributed by atoms with Gasteiger partial charge in [-0.05, 0) is 31.6 Å². The summed E-state index contributed by atoms with van der Waals surface area (Å²) in [5.41, 5.74) is 2.93. The lowest BCUT2D eigenvalue weighted by Crippen LogP contribution is -2.29. The van der Waals surface area contributed by atoms with Crippen LogP contribution in [0.5, 0.6) is 0 Å². The van der Waals surface area contributed by atoms with Gasteiger partial charge in [0, 0.05) is 31.4 Å². The first kappa shape index (κ1) is 18.5. The third kappa shape index (κ3) is 3.87. The van der Waals surface area contributed by atoms with E-state index in [0.29, 0.717) is 24.6 Å². The number of rotatable bonds is 6. The highest BCUT2D eigenvalue weighted by Gasteiger charge is 2.27. The van der Waals surface area contributed by atoms with Crippen molar-refractivity contribution in [3.05, 3.63) is 53.7 Å². The van der Waals surface area contributed by atoms with Crippen molar-refractivity contribution in [2.75, 3.05) is 26.7 Å². The standard InChI is InChI=1S/C20H23FN6O/c1-26-10-6-15(13-26)18-19-20(24-8-7-23-19)27(25-18)11-9-22-17(28)12-14-4-2-3-5-16(14)21/h2-5,7-8,15H,6,9-13H2,1H3,(H,22,28)/t15-/m0/s1. The lowest BCUT2D eigenvalue weighted by molar-refractivity contribution is -0.120. The Morgan fingerprint density at radius 1 is 1.29 bits per heavy atom. The number of halogens is 1. The molecule has 1 aliphatic heterocycles. The van der Waals surface area contributed by atoms with Crippen molar-refractivity contribution in [1.29, 1.82) is 0 Å². The van der Waals surface area contributed by atoms with Gasteiger partial charge in [-0.1, -0.05) is 18.2 Å². The predicted octanol–water partition coefficient (Wildman–Crippen LogP) is 1.74. The maximum Gasteiger partial charge on any atom is 0.224 e. The smallest absolute Gasteiger partial charge is 0.224 e. The van der Waals surface area contributed by atoms with Crippen molar-refractivity contribution in [2.24, 2.45) is 0 Å². The molecule has 1 N–H and O–H groups in total. The highest BCUT2D eigenvalue weighted by atomic mass is 19.1. The number of benzene rings is 1. The van der Waals surface area contributed by atoms with Gasteiger partial charge in [-0.25, -0.2) is 19.0 Å². The molecule has 0 spiro atoms. The van der Waals surface area contributed by atoms with E-state index in [1.54, 1.807) is 35.3 Å². The van der Waals surface area contributed by atoms with Crippen molar-refractivity contribution in [2.45, 2.75) is 25.3 Å². The van der Waals surface area contributed by atoms with Crippen LogP contribution in [0.1, 0.15) is 23.6 Å². The Labute approximate surface area is 162 Å². The first-order valence-corrected chi connectivity index (χ1v) is 9.48. The molecule has 0 unspecified atom stereocenters. The second kappa shape index (κ2) is 8.02. The molecule has 1 atom stereocenters. The van der Waals surface area contributed by atoms with Crippen molar-refractivity contribution >= 4 is 17.1 Å². The number of amides is 1. The van der Waals surface area contributed by atoms with Gasteiger partial charge in [-0.15, -0.1) is 0 Å². The first-order chi connectivity index (χ1) is 13.6. The Balaban J connectivity index is 1.42. The van der Waals surface area contributed by atoms with Crippen molar-refractivity contribution in [3.8, 4) is 0 Å². The fourth-order valence-corrected chi connectivity index (χ4v) is 3.69. The Bertz CT molecular complexity index is 988. The molecule has 1 aromatic carbocycles. The average molecular weight is 382 g/mol. The lowest BCUT2D eigenvalue weighted by atomic mass is 10.0. The molecule has 7 nitrogen and oxygen atoms in total. The van der Waals surface area contributed by atoms with E-state index in [1.165, 1.54) is 6.07 Å². The molecule has 146 valence electrons. The monoisotopic (exact) mass is 382 g/mol. The van der Waals surface area contributed by atoms with Crippen LogP contribution in [-0.4, -0.2) is 57.2 Å². The maximum atomic E-state index is 13.7. The highest BCUT2D eigenvalue weighted by Crippen LogP contribution is 2.29. The van der Waals surface area contributed by atoms with Crippen LogP contribution in [0.25, 0.3) is 11.2 Å². The molecule has 1 fully saturated rings. The molecule has 2 aromatic heterocycles. The SMILES string of the molecule is CN1CC[C@H](c2nn(CCNC(=O)Cc3ccccc3F)c3nccnc23)C1. The van der Waals surface area contributed by atoms with Crippen molar-refractivity contribution < 1.29 is 9.18 Å². The fourth-order valence-electron chi connectivity index (χ4n) is 3.69. The normalized spacial score (nSPS) is 17.3. The molecule has 28 heavy (non-hydrogen) atoms. The minimum absolute atomic E-state index is 0.0198. The topological polar surface area (TPSA) is 75.9 Å². The maximum absolute atomic E-state index is 13.7. The van der Waals surface area contributed by atoms with Crippen LogP contribution in [0.4, 0.5) is 4.39 Å². The van der Waals surface area contributed by atoms with Gasteiger partial charge in [0.25, 0.3) is 0 Å².